The maximum Gasteiger partial charge on any atom is 0.199 e. The minimum absolute atomic E-state index is 0.000774. The third kappa shape index (κ3) is 4.22. The molecule has 174 valence electrons. The Balaban J connectivity index is 2.68. The van der Waals surface area contributed by atoms with E-state index in [4.69, 9.17) is 4.74 Å². The number of phenols is 2. The minimum Gasteiger partial charge on any atom is -0.511 e. The number of carbonyl (C=O) groups excluding carboxylic acids is 3. The van der Waals surface area contributed by atoms with Crippen molar-refractivity contribution >= 4 is 17.3 Å². The van der Waals surface area contributed by atoms with Gasteiger partial charge in [0.15, 0.2) is 17.3 Å². The van der Waals surface area contributed by atoms with Crippen molar-refractivity contribution < 1.29 is 39.5 Å². The topological polar surface area (TPSA) is 141 Å². The number of ether oxygens (including phenoxy) is 1. The first-order valence-electron chi connectivity index (χ1n) is 10.5. The van der Waals surface area contributed by atoms with Gasteiger partial charge in [-0.1, -0.05) is 13.8 Å². The molecule has 4 N–H and O–H groups in total. The summed E-state index contributed by atoms with van der Waals surface area (Å²) >= 11 is 0. The zero-order valence-electron chi connectivity index (χ0n) is 19.0. The molecule has 1 aliphatic carbocycles. The quantitative estimate of drug-likeness (QED) is 0.326. The number of aliphatic hydroxyl groups is 2. The lowest BCUT2D eigenvalue weighted by Crippen LogP contribution is -2.33. The molecule has 8 nitrogen and oxygen atoms in total. The van der Waals surface area contributed by atoms with E-state index >= 15 is 0 Å². The summed E-state index contributed by atoms with van der Waals surface area (Å²) < 4.78 is 5.22. The lowest BCUT2D eigenvalue weighted by atomic mass is 9.74. The van der Waals surface area contributed by atoms with Crippen molar-refractivity contribution in [3.8, 4) is 17.2 Å². The maximum atomic E-state index is 13.2. The predicted molar refractivity (Wildman–Crippen MR) is 117 cm³/mol. The van der Waals surface area contributed by atoms with Crippen LogP contribution in [0.1, 0.15) is 69.3 Å². The second-order valence-corrected chi connectivity index (χ2v) is 8.33. The molecule has 0 saturated carbocycles. The van der Waals surface area contributed by atoms with E-state index in [1.807, 2.05) is 0 Å². The van der Waals surface area contributed by atoms with Gasteiger partial charge in [0.1, 0.15) is 39.9 Å². The van der Waals surface area contributed by atoms with Crippen molar-refractivity contribution in [2.24, 2.45) is 5.41 Å². The number of Topliss-reactive ketones (excluding diaryl/α,β-unsaturated/α-hetero) is 3. The van der Waals surface area contributed by atoms with Gasteiger partial charge in [-0.2, -0.15) is 0 Å². The highest BCUT2D eigenvalue weighted by Gasteiger charge is 2.44. The molecule has 0 atom stereocenters. The lowest BCUT2D eigenvalue weighted by Gasteiger charge is -2.31. The molecule has 0 saturated heterocycles. The maximum absolute atomic E-state index is 13.2. The van der Waals surface area contributed by atoms with Gasteiger partial charge in [-0.3, -0.25) is 14.4 Å². The van der Waals surface area contributed by atoms with E-state index in [1.165, 1.54) is 21.0 Å². The van der Waals surface area contributed by atoms with Gasteiger partial charge in [0.25, 0.3) is 0 Å². The van der Waals surface area contributed by atoms with E-state index < -0.39 is 51.4 Å². The van der Waals surface area contributed by atoms with Crippen LogP contribution in [0.5, 0.6) is 17.2 Å². The van der Waals surface area contributed by atoms with Gasteiger partial charge in [0, 0.05) is 36.5 Å². The first kappa shape index (κ1) is 25.0. The fourth-order valence-electron chi connectivity index (χ4n) is 3.77. The van der Waals surface area contributed by atoms with Crippen molar-refractivity contribution in [1.29, 1.82) is 0 Å². The van der Waals surface area contributed by atoms with Crippen LogP contribution in [0.15, 0.2) is 28.7 Å². The number of phenolic OH excluding ortho intramolecular Hbond substituents is 2. The molecule has 0 spiro atoms. The molecule has 1 aromatic carbocycles. The van der Waals surface area contributed by atoms with Gasteiger partial charge in [0.05, 0.1) is 12.5 Å². The van der Waals surface area contributed by atoms with E-state index in [9.17, 15) is 34.8 Å². The molecular weight excluding hydrogens is 416 g/mol. The average Bonchev–Trinajstić information content (AvgIpc) is 2.71. The molecule has 0 aliphatic heterocycles. The summed E-state index contributed by atoms with van der Waals surface area (Å²) in [5.41, 5.74) is -2.32. The second-order valence-electron chi connectivity index (χ2n) is 8.33. The van der Waals surface area contributed by atoms with E-state index in [-0.39, 0.29) is 41.7 Å². The Hall–Kier alpha value is -3.29. The third-order valence-electron chi connectivity index (χ3n) is 5.64. The Morgan fingerprint density at radius 3 is 2.06 bits per heavy atom. The molecule has 1 aromatic rings. The van der Waals surface area contributed by atoms with Crippen LogP contribution in [-0.4, -0.2) is 44.9 Å². The summed E-state index contributed by atoms with van der Waals surface area (Å²) in [6.45, 7) is 6.47. The Kier molecular flexibility index (Phi) is 7.38. The van der Waals surface area contributed by atoms with Crippen molar-refractivity contribution in [1.82, 2.24) is 0 Å². The van der Waals surface area contributed by atoms with Crippen molar-refractivity contribution in [2.45, 2.75) is 59.8 Å². The van der Waals surface area contributed by atoms with Crippen LogP contribution in [0.25, 0.3) is 0 Å². The van der Waals surface area contributed by atoms with Gasteiger partial charge in [-0.05, 0) is 26.7 Å². The molecule has 2 rings (SSSR count). The summed E-state index contributed by atoms with van der Waals surface area (Å²) in [4.78, 5) is 38.2. The van der Waals surface area contributed by atoms with Crippen LogP contribution in [-0.2, 0) is 16.0 Å². The number of hydrogen-bond donors (Lipinski definition) is 4. The summed E-state index contributed by atoms with van der Waals surface area (Å²) in [5.74, 6) is -3.89. The molecule has 0 heterocycles. The smallest absolute Gasteiger partial charge is 0.199 e. The van der Waals surface area contributed by atoms with E-state index in [0.29, 0.717) is 12.8 Å². The molecule has 8 heteroatoms. The summed E-state index contributed by atoms with van der Waals surface area (Å²) in [6.07, 6.45) is 0.693. The standard InChI is InChI=1S/C24H30O8/c1-6-8-14(25)18-16(27)11-17(32-5)12(20(18)28)10-13-21(29)19(15(26)9-7-2)23(31)24(3,4)22(13)30/h11,27-28,30-31H,6-10H2,1-5H3. The first-order valence-corrected chi connectivity index (χ1v) is 10.5. The number of ketones is 3. The lowest BCUT2D eigenvalue weighted by molar-refractivity contribution is -0.120. The van der Waals surface area contributed by atoms with Gasteiger partial charge in [0.2, 0.25) is 0 Å². The molecule has 1 aliphatic rings. The molecular formula is C24H30O8. The van der Waals surface area contributed by atoms with Crippen LogP contribution in [0, 0.1) is 5.41 Å². The predicted octanol–water partition coefficient (Wildman–Crippen LogP) is 4.23. The number of aliphatic hydroxyl groups excluding tert-OH is 2. The van der Waals surface area contributed by atoms with E-state index in [1.54, 1.807) is 13.8 Å². The Morgan fingerprint density at radius 2 is 1.53 bits per heavy atom. The van der Waals surface area contributed by atoms with Crippen molar-refractivity contribution in [2.75, 3.05) is 7.11 Å². The Bertz CT molecular complexity index is 1030. The van der Waals surface area contributed by atoms with E-state index in [0.717, 1.165) is 6.07 Å². The fraction of sp³-hybridized carbons (Fsp3) is 0.458. The van der Waals surface area contributed by atoms with Gasteiger partial charge in [-0.25, -0.2) is 0 Å². The first-order chi connectivity index (χ1) is 14.9. The highest BCUT2D eigenvalue weighted by atomic mass is 16.5. The van der Waals surface area contributed by atoms with Gasteiger partial charge < -0.3 is 25.2 Å². The molecule has 0 fully saturated rings. The highest BCUT2D eigenvalue weighted by Crippen LogP contribution is 2.45. The number of hydrogen-bond acceptors (Lipinski definition) is 8. The Morgan fingerprint density at radius 1 is 0.969 bits per heavy atom. The SMILES string of the molecule is CCCC(=O)C1=C(O)C(C)(C)C(O)=C(Cc2c(OC)cc(O)c(C(=O)CCC)c2O)C1=O. The van der Waals surface area contributed by atoms with Crippen LogP contribution >= 0.6 is 0 Å². The monoisotopic (exact) mass is 446 g/mol. The summed E-state index contributed by atoms with van der Waals surface area (Å²) in [5, 5.41) is 42.5. The largest absolute Gasteiger partial charge is 0.511 e. The normalized spacial score (nSPS) is 15.8. The number of aromatic hydroxyl groups is 2. The number of allylic oxidation sites excluding steroid dienone is 2. The minimum atomic E-state index is -1.41. The molecule has 0 bridgehead atoms. The van der Waals surface area contributed by atoms with Crippen LogP contribution in [0.4, 0.5) is 0 Å². The zero-order valence-corrected chi connectivity index (χ0v) is 19.0. The number of benzene rings is 1. The summed E-state index contributed by atoms with van der Waals surface area (Å²) in [7, 11) is 1.29. The second kappa shape index (κ2) is 9.46. The van der Waals surface area contributed by atoms with Crippen LogP contribution in [0.3, 0.4) is 0 Å². The summed E-state index contributed by atoms with van der Waals surface area (Å²) in [6, 6.07) is 1.16. The molecule has 0 radical (unpaired) electrons. The van der Waals surface area contributed by atoms with Gasteiger partial charge in [-0.15, -0.1) is 0 Å². The average molecular weight is 446 g/mol. The molecule has 0 aromatic heterocycles. The molecule has 32 heavy (non-hydrogen) atoms. The zero-order chi connectivity index (χ0) is 24.4. The number of rotatable bonds is 9. The van der Waals surface area contributed by atoms with Crippen molar-refractivity contribution in [3.63, 3.8) is 0 Å². The van der Waals surface area contributed by atoms with Crippen molar-refractivity contribution in [3.05, 3.63) is 39.9 Å². The number of carbonyl (C=O) groups is 3. The van der Waals surface area contributed by atoms with Crippen LogP contribution < -0.4 is 4.74 Å². The molecule has 0 unspecified atom stereocenters. The third-order valence-corrected chi connectivity index (χ3v) is 5.64. The highest BCUT2D eigenvalue weighted by molar-refractivity contribution is 6.27. The van der Waals surface area contributed by atoms with Crippen LogP contribution in [0.2, 0.25) is 0 Å². The number of methoxy groups -OCH3 is 1. The Labute approximate surface area is 186 Å². The van der Waals surface area contributed by atoms with Gasteiger partial charge >= 0.3 is 0 Å². The fourth-order valence-corrected chi connectivity index (χ4v) is 3.77. The molecule has 0 amide bonds. The van der Waals surface area contributed by atoms with E-state index in [2.05, 4.69) is 0 Å².